The van der Waals surface area contributed by atoms with Crippen molar-refractivity contribution in [3.8, 4) is 23.0 Å². The number of phenolic OH excluding ortho intramolecular Hbond substituents is 2. The average Bonchev–Trinajstić information content (AvgIpc) is 2.97. The second-order valence-corrected chi connectivity index (χ2v) is 6.11. The van der Waals surface area contributed by atoms with Crippen LogP contribution in [0.2, 0.25) is 0 Å². The normalized spacial score (nSPS) is 17.1. The summed E-state index contributed by atoms with van der Waals surface area (Å²) in [5.74, 6) is 0.995. The van der Waals surface area contributed by atoms with Crippen LogP contribution in [-0.4, -0.2) is 30.2 Å². The van der Waals surface area contributed by atoms with Crippen molar-refractivity contribution in [2.45, 2.75) is 12.8 Å². The van der Waals surface area contributed by atoms with Crippen molar-refractivity contribution in [3.63, 3.8) is 0 Å². The number of hydrogen-bond acceptors (Lipinski definition) is 5. The van der Waals surface area contributed by atoms with Crippen LogP contribution in [0.5, 0.6) is 23.0 Å². The quantitative estimate of drug-likeness (QED) is 0.815. The Labute approximate surface area is 151 Å². The summed E-state index contributed by atoms with van der Waals surface area (Å²) in [5.41, 5.74) is 3.39. The van der Waals surface area contributed by atoms with Crippen LogP contribution in [-0.2, 0) is 4.79 Å². The van der Waals surface area contributed by atoms with E-state index in [0.29, 0.717) is 24.3 Å². The summed E-state index contributed by atoms with van der Waals surface area (Å²) in [7, 11) is 2.98. The molecule has 0 aliphatic heterocycles. The van der Waals surface area contributed by atoms with Gasteiger partial charge >= 0.3 is 0 Å². The third-order valence-electron chi connectivity index (χ3n) is 4.28. The second-order valence-electron chi connectivity index (χ2n) is 6.11. The van der Waals surface area contributed by atoms with Crippen LogP contribution in [0, 0.1) is 0 Å². The minimum absolute atomic E-state index is 0.0641. The number of Topliss-reactive ketones (excluding diaryl/α,β-unsaturated/α-hetero) is 1. The molecular weight excluding hydrogens is 332 g/mol. The van der Waals surface area contributed by atoms with E-state index >= 15 is 0 Å². The van der Waals surface area contributed by atoms with Crippen LogP contribution in [0.15, 0.2) is 47.5 Å². The number of ether oxygens (including phenoxy) is 2. The van der Waals surface area contributed by atoms with E-state index < -0.39 is 0 Å². The van der Waals surface area contributed by atoms with Gasteiger partial charge in [-0.05, 0) is 47.9 Å². The number of phenols is 2. The average molecular weight is 352 g/mol. The number of aromatic hydroxyl groups is 2. The molecule has 2 aromatic carbocycles. The zero-order valence-electron chi connectivity index (χ0n) is 14.7. The number of rotatable bonds is 4. The molecule has 0 radical (unpaired) electrons. The highest BCUT2D eigenvalue weighted by atomic mass is 16.5. The summed E-state index contributed by atoms with van der Waals surface area (Å²) in [6.45, 7) is 0. The Kier molecular flexibility index (Phi) is 4.98. The minimum atomic E-state index is 0.0641. The van der Waals surface area contributed by atoms with Crippen LogP contribution in [0.3, 0.4) is 0 Å². The molecule has 0 unspecified atom stereocenters. The Morgan fingerprint density at radius 1 is 0.846 bits per heavy atom. The number of hydrogen-bond donors (Lipinski definition) is 2. The molecule has 0 atom stereocenters. The number of carbonyl (C=O) groups excluding carboxylic acids is 1. The van der Waals surface area contributed by atoms with E-state index in [-0.39, 0.29) is 17.3 Å². The van der Waals surface area contributed by atoms with Crippen molar-refractivity contribution >= 4 is 17.9 Å². The molecule has 0 saturated heterocycles. The lowest BCUT2D eigenvalue weighted by Crippen LogP contribution is -1.91. The van der Waals surface area contributed by atoms with Gasteiger partial charge in [0.05, 0.1) is 14.2 Å². The van der Waals surface area contributed by atoms with Gasteiger partial charge in [0.25, 0.3) is 0 Å². The number of ketones is 1. The van der Waals surface area contributed by atoms with Crippen molar-refractivity contribution in [2.75, 3.05) is 14.2 Å². The molecule has 2 aromatic rings. The van der Waals surface area contributed by atoms with Gasteiger partial charge in [0, 0.05) is 12.0 Å². The fourth-order valence-corrected chi connectivity index (χ4v) is 2.96. The molecule has 1 aliphatic carbocycles. The molecular formula is C21H20O5. The fourth-order valence-electron chi connectivity index (χ4n) is 2.96. The van der Waals surface area contributed by atoms with Crippen molar-refractivity contribution in [3.05, 3.63) is 58.7 Å². The highest BCUT2D eigenvalue weighted by Gasteiger charge is 2.22. The first-order valence-electron chi connectivity index (χ1n) is 8.17. The standard InChI is InChI=1S/C21H20O5/c1-25-20-11-13(3-5-17(20)22)7-15-9-16(19(24)10-15)8-14-4-6-18(23)21(12-14)26-2/h3-8,11-12,22-23H,9-10H2,1-2H3/b15-7+,16-8+. The molecule has 5 heteroatoms. The van der Waals surface area contributed by atoms with Gasteiger partial charge < -0.3 is 19.7 Å². The van der Waals surface area contributed by atoms with Crippen LogP contribution >= 0.6 is 0 Å². The van der Waals surface area contributed by atoms with Crippen LogP contribution < -0.4 is 9.47 Å². The monoisotopic (exact) mass is 352 g/mol. The van der Waals surface area contributed by atoms with Gasteiger partial charge in [-0.25, -0.2) is 0 Å². The number of methoxy groups -OCH3 is 2. The molecule has 0 aromatic heterocycles. The SMILES string of the molecule is COc1cc(/C=C2/CC(=O)/C(=C/c3ccc(O)c(OC)c3)C2)ccc1O. The molecule has 26 heavy (non-hydrogen) atoms. The maximum atomic E-state index is 12.3. The Morgan fingerprint density at radius 2 is 1.38 bits per heavy atom. The van der Waals surface area contributed by atoms with Gasteiger partial charge in [-0.15, -0.1) is 0 Å². The summed E-state index contributed by atoms with van der Waals surface area (Å²) in [4.78, 5) is 12.3. The van der Waals surface area contributed by atoms with Crippen LogP contribution in [0.4, 0.5) is 0 Å². The predicted molar refractivity (Wildman–Crippen MR) is 99.5 cm³/mol. The molecule has 3 rings (SSSR count). The third kappa shape index (κ3) is 3.72. The molecule has 1 saturated carbocycles. The van der Waals surface area contributed by atoms with Crippen molar-refractivity contribution < 1.29 is 24.5 Å². The lowest BCUT2D eigenvalue weighted by atomic mass is 10.1. The Bertz CT molecular complexity index is 909. The fraction of sp³-hybridized carbons (Fsp3) is 0.190. The molecule has 5 nitrogen and oxygen atoms in total. The highest BCUT2D eigenvalue weighted by molar-refractivity contribution is 6.05. The number of allylic oxidation sites excluding steroid dienone is 2. The molecule has 0 amide bonds. The van der Waals surface area contributed by atoms with Gasteiger partial charge in [-0.2, -0.15) is 0 Å². The number of carbonyl (C=O) groups is 1. The Hall–Kier alpha value is -3.21. The molecule has 1 aliphatic rings. The van der Waals surface area contributed by atoms with Gasteiger partial charge in [0.2, 0.25) is 0 Å². The summed E-state index contributed by atoms with van der Waals surface area (Å²) < 4.78 is 10.2. The second kappa shape index (κ2) is 7.35. The van der Waals surface area contributed by atoms with Crippen LogP contribution in [0.1, 0.15) is 24.0 Å². The molecule has 0 spiro atoms. The lowest BCUT2D eigenvalue weighted by Gasteiger charge is -2.05. The van der Waals surface area contributed by atoms with Gasteiger partial charge in [-0.1, -0.05) is 23.8 Å². The molecule has 2 N–H and O–H groups in total. The van der Waals surface area contributed by atoms with E-state index in [0.717, 1.165) is 22.3 Å². The van der Waals surface area contributed by atoms with Gasteiger partial charge in [0.15, 0.2) is 28.8 Å². The van der Waals surface area contributed by atoms with Crippen molar-refractivity contribution in [1.29, 1.82) is 0 Å². The van der Waals surface area contributed by atoms with E-state index in [1.807, 2.05) is 12.2 Å². The summed E-state index contributed by atoms with van der Waals surface area (Å²) >= 11 is 0. The zero-order chi connectivity index (χ0) is 18.7. The topological polar surface area (TPSA) is 76.0 Å². The first kappa shape index (κ1) is 17.6. The van der Waals surface area contributed by atoms with Crippen molar-refractivity contribution in [2.24, 2.45) is 0 Å². The molecule has 0 bridgehead atoms. The largest absolute Gasteiger partial charge is 0.504 e. The smallest absolute Gasteiger partial charge is 0.163 e. The summed E-state index contributed by atoms with van der Waals surface area (Å²) in [6, 6.07) is 10.1. The third-order valence-corrected chi connectivity index (χ3v) is 4.28. The molecule has 1 fully saturated rings. The zero-order valence-corrected chi connectivity index (χ0v) is 14.7. The van der Waals surface area contributed by atoms with E-state index in [1.54, 1.807) is 36.4 Å². The minimum Gasteiger partial charge on any atom is -0.504 e. The molecule has 0 heterocycles. The van der Waals surface area contributed by atoms with Crippen LogP contribution in [0.25, 0.3) is 12.2 Å². The maximum absolute atomic E-state index is 12.3. The lowest BCUT2D eigenvalue weighted by molar-refractivity contribution is -0.114. The number of benzene rings is 2. The predicted octanol–water partition coefficient (Wildman–Crippen LogP) is 3.94. The Morgan fingerprint density at radius 3 is 1.92 bits per heavy atom. The Balaban J connectivity index is 1.84. The van der Waals surface area contributed by atoms with E-state index in [1.165, 1.54) is 14.2 Å². The first-order valence-corrected chi connectivity index (χ1v) is 8.17. The summed E-state index contributed by atoms with van der Waals surface area (Å²) in [6.07, 6.45) is 4.69. The van der Waals surface area contributed by atoms with Crippen molar-refractivity contribution in [1.82, 2.24) is 0 Å². The van der Waals surface area contributed by atoms with E-state index in [2.05, 4.69) is 0 Å². The van der Waals surface area contributed by atoms with E-state index in [4.69, 9.17) is 9.47 Å². The maximum Gasteiger partial charge on any atom is 0.163 e. The van der Waals surface area contributed by atoms with Gasteiger partial charge in [0.1, 0.15) is 0 Å². The summed E-state index contributed by atoms with van der Waals surface area (Å²) in [5, 5.41) is 19.3. The van der Waals surface area contributed by atoms with E-state index in [9.17, 15) is 15.0 Å². The first-order chi connectivity index (χ1) is 12.5. The highest BCUT2D eigenvalue weighted by Crippen LogP contribution is 2.33. The molecule has 134 valence electrons. The van der Waals surface area contributed by atoms with Gasteiger partial charge in [-0.3, -0.25) is 4.79 Å².